The Balaban J connectivity index is 1.46. The zero-order valence-electron chi connectivity index (χ0n) is 18.9. The molecule has 3 atom stereocenters. The third-order valence-corrected chi connectivity index (χ3v) is 7.11. The van der Waals surface area contributed by atoms with Crippen molar-refractivity contribution < 1.29 is 19.1 Å². The Morgan fingerprint density at radius 2 is 2.06 bits per heavy atom. The minimum atomic E-state index is -0.798. The number of aromatic nitrogens is 1. The molecule has 2 heterocycles. The van der Waals surface area contributed by atoms with Gasteiger partial charge < -0.3 is 25.7 Å². The van der Waals surface area contributed by atoms with Gasteiger partial charge in [-0.1, -0.05) is 12.8 Å². The standard InChI is InChI=1S/C24H28BrN5O4/c1-34-20-7-6-17(25)21-16(20)11-19(29-21)24(33)30-18(9-13-4-5-13)23(32)28-15(12-26)10-14-3-2-8-27-22(14)31/h6-7,11,13-15,18,29H,2-5,8-10H2,1H3,(H,27,31)(H,28,32)(H,30,33). The fourth-order valence-corrected chi connectivity index (χ4v) is 4.82. The zero-order valence-corrected chi connectivity index (χ0v) is 20.5. The van der Waals surface area contributed by atoms with Gasteiger partial charge >= 0.3 is 0 Å². The maximum Gasteiger partial charge on any atom is 0.268 e. The third kappa shape index (κ3) is 5.53. The van der Waals surface area contributed by atoms with Gasteiger partial charge in [0.2, 0.25) is 11.8 Å². The van der Waals surface area contributed by atoms with Crippen LogP contribution in [0.3, 0.4) is 0 Å². The van der Waals surface area contributed by atoms with Crippen molar-refractivity contribution in [2.45, 2.75) is 50.6 Å². The molecule has 3 unspecified atom stereocenters. The number of fused-ring (bicyclic) bond motifs is 1. The lowest BCUT2D eigenvalue weighted by Crippen LogP contribution is -2.50. The van der Waals surface area contributed by atoms with Crippen molar-refractivity contribution in [3.63, 3.8) is 0 Å². The summed E-state index contributed by atoms with van der Waals surface area (Å²) in [6.45, 7) is 0.643. The first kappa shape index (κ1) is 24.1. The molecule has 10 heteroatoms. The van der Waals surface area contributed by atoms with Crippen molar-refractivity contribution in [3.05, 3.63) is 28.4 Å². The Kier molecular flexibility index (Phi) is 7.41. The Morgan fingerprint density at radius 3 is 2.74 bits per heavy atom. The van der Waals surface area contributed by atoms with Crippen LogP contribution in [0.1, 0.15) is 49.0 Å². The summed E-state index contributed by atoms with van der Waals surface area (Å²) in [6.07, 6.45) is 4.34. The summed E-state index contributed by atoms with van der Waals surface area (Å²) in [7, 11) is 1.56. The predicted octanol–water partition coefficient (Wildman–Crippen LogP) is 2.76. The van der Waals surface area contributed by atoms with Crippen LogP contribution < -0.4 is 20.7 Å². The van der Waals surface area contributed by atoms with E-state index in [1.165, 1.54) is 0 Å². The smallest absolute Gasteiger partial charge is 0.268 e. The first-order valence-electron chi connectivity index (χ1n) is 11.5. The summed E-state index contributed by atoms with van der Waals surface area (Å²) in [5.41, 5.74) is 1.03. The lowest BCUT2D eigenvalue weighted by molar-refractivity contribution is -0.128. The van der Waals surface area contributed by atoms with Crippen molar-refractivity contribution >= 4 is 44.6 Å². The van der Waals surface area contributed by atoms with Crippen molar-refractivity contribution in [2.24, 2.45) is 11.8 Å². The number of piperidine rings is 1. The van der Waals surface area contributed by atoms with E-state index < -0.39 is 23.9 Å². The van der Waals surface area contributed by atoms with Gasteiger partial charge in [-0.05, 0) is 65.7 Å². The molecule has 2 aliphatic rings. The van der Waals surface area contributed by atoms with Crippen molar-refractivity contribution in [1.82, 2.24) is 20.9 Å². The molecule has 1 aromatic carbocycles. The van der Waals surface area contributed by atoms with Gasteiger partial charge in [0.1, 0.15) is 23.5 Å². The lowest BCUT2D eigenvalue weighted by Gasteiger charge is -2.25. The average Bonchev–Trinajstić information content (AvgIpc) is 3.53. The maximum absolute atomic E-state index is 13.1. The molecule has 1 aliphatic carbocycles. The second-order valence-electron chi connectivity index (χ2n) is 8.98. The molecule has 2 aromatic rings. The molecule has 34 heavy (non-hydrogen) atoms. The summed E-state index contributed by atoms with van der Waals surface area (Å²) in [6, 6.07) is 5.86. The molecule has 1 aliphatic heterocycles. The maximum atomic E-state index is 13.1. The fourth-order valence-electron chi connectivity index (χ4n) is 4.38. The SMILES string of the molecule is COc1ccc(Br)c2[nH]c(C(=O)NC(CC3CC3)C(=O)NC(C#N)CC3CCCNC3=O)cc12. The monoisotopic (exact) mass is 529 g/mol. The Hall–Kier alpha value is -3.06. The van der Waals surface area contributed by atoms with E-state index in [-0.39, 0.29) is 18.2 Å². The third-order valence-electron chi connectivity index (χ3n) is 6.45. The first-order valence-corrected chi connectivity index (χ1v) is 12.3. The molecule has 9 nitrogen and oxygen atoms in total. The van der Waals surface area contributed by atoms with Crippen LogP contribution in [-0.2, 0) is 9.59 Å². The van der Waals surface area contributed by atoms with Gasteiger partial charge in [0.25, 0.3) is 5.91 Å². The highest BCUT2D eigenvalue weighted by molar-refractivity contribution is 9.10. The number of benzene rings is 1. The number of nitrogens with one attached hydrogen (secondary N) is 4. The molecular weight excluding hydrogens is 502 g/mol. The number of carbonyl (C=O) groups excluding carboxylic acids is 3. The van der Waals surface area contributed by atoms with E-state index in [0.29, 0.717) is 36.7 Å². The van der Waals surface area contributed by atoms with E-state index in [1.807, 2.05) is 6.07 Å². The molecule has 0 radical (unpaired) electrons. The highest BCUT2D eigenvalue weighted by Gasteiger charge is 2.33. The molecule has 0 spiro atoms. The lowest BCUT2D eigenvalue weighted by atomic mass is 9.92. The topological polar surface area (TPSA) is 136 Å². The van der Waals surface area contributed by atoms with Crippen LogP contribution in [0.15, 0.2) is 22.7 Å². The normalized spacial score (nSPS) is 19.6. The van der Waals surface area contributed by atoms with E-state index >= 15 is 0 Å². The van der Waals surface area contributed by atoms with Crippen LogP contribution in [-0.4, -0.2) is 48.4 Å². The molecule has 1 aromatic heterocycles. The van der Waals surface area contributed by atoms with Crippen LogP contribution >= 0.6 is 15.9 Å². The van der Waals surface area contributed by atoms with Crippen LogP contribution in [0.2, 0.25) is 0 Å². The highest BCUT2D eigenvalue weighted by Crippen LogP contribution is 2.34. The molecule has 1 saturated heterocycles. The molecule has 4 rings (SSSR count). The quantitative estimate of drug-likeness (QED) is 0.395. The molecule has 2 fully saturated rings. The second-order valence-corrected chi connectivity index (χ2v) is 9.84. The van der Waals surface area contributed by atoms with Gasteiger partial charge in [-0.15, -0.1) is 0 Å². The van der Waals surface area contributed by atoms with Gasteiger partial charge in [0.05, 0.1) is 18.7 Å². The number of carbonyl (C=O) groups is 3. The summed E-state index contributed by atoms with van der Waals surface area (Å²) in [4.78, 5) is 41.3. The van der Waals surface area contributed by atoms with Gasteiger partial charge in [-0.2, -0.15) is 5.26 Å². The van der Waals surface area contributed by atoms with Crippen LogP contribution in [0.25, 0.3) is 10.9 Å². The summed E-state index contributed by atoms with van der Waals surface area (Å²) in [5.74, 6) is -0.190. The summed E-state index contributed by atoms with van der Waals surface area (Å²) in [5, 5.41) is 18.7. The number of hydrogen-bond acceptors (Lipinski definition) is 5. The van der Waals surface area contributed by atoms with Crippen molar-refractivity contribution in [2.75, 3.05) is 13.7 Å². The Labute approximate surface area is 206 Å². The van der Waals surface area contributed by atoms with Gasteiger partial charge in [0, 0.05) is 22.3 Å². The van der Waals surface area contributed by atoms with Crippen LogP contribution in [0.5, 0.6) is 5.75 Å². The molecule has 1 saturated carbocycles. The molecule has 3 amide bonds. The van der Waals surface area contributed by atoms with E-state index in [2.05, 4.69) is 42.9 Å². The second kappa shape index (κ2) is 10.5. The number of nitriles is 1. The largest absolute Gasteiger partial charge is 0.496 e. The number of methoxy groups -OCH3 is 1. The Bertz CT molecular complexity index is 1140. The van der Waals surface area contributed by atoms with Gasteiger partial charge in [-0.25, -0.2) is 0 Å². The highest BCUT2D eigenvalue weighted by atomic mass is 79.9. The Morgan fingerprint density at radius 1 is 1.26 bits per heavy atom. The minimum Gasteiger partial charge on any atom is -0.496 e. The minimum absolute atomic E-state index is 0.0796. The number of aromatic amines is 1. The van der Waals surface area contributed by atoms with E-state index in [0.717, 1.165) is 34.6 Å². The number of ether oxygens (including phenoxy) is 1. The van der Waals surface area contributed by atoms with E-state index in [1.54, 1.807) is 19.2 Å². The van der Waals surface area contributed by atoms with Crippen molar-refractivity contribution in [3.8, 4) is 11.8 Å². The number of nitrogens with zero attached hydrogens (tertiary/aromatic N) is 1. The van der Waals surface area contributed by atoms with Gasteiger partial charge in [0.15, 0.2) is 0 Å². The predicted molar refractivity (Wildman–Crippen MR) is 129 cm³/mol. The fraction of sp³-hybridized carbons (Fsp3) is 0.500. The van der Waals surface area contributed by atoms with Crippen molar-refractivity contribution in [1.29, 1.82) is 5.26 Å². The van der Waals surface area contributed by atoms with E-state index in [9.17, 15) is 19.6 Å². The van der Waals surface area contributed by atoms with Crippen LogP contribution in [0.4, 0.5) is 0 Å². The number of halogens is 1. The number of H-pyrrole nitrogens is 1. The number of amides is 3. The van der Waals surface area contributed by atoms with Crippen LogP contribution in [0, 0.1) is 23.2 Å². The molecule has 180 valence electrons. The van der Waals surface area contributed by atoms with Gasteiger partial charge in [-0.3, -0.25) is 14.4 Å². The summed E-state index contributed by atoms with van der Waals surface area (Å²) < 4.78 is 6.18. The van der Waals surface area contributed by atoms with E-state index in [4.69, 9.17) is 4.74 Å². The molecular formula is C24H28BrN5O4. The molecule has 0 bridgehead atoms. The summed E-state index contributed by atoms with van der Waals surface area (Å²) >= 11 is 3.48. The average molecular weight is 530 g/mol. The molecule has 4 N–H and O–H groups in total. The first-order chi connectivity index (χ1) is 16.4. The number of hydrogen-bond donors (Lipinski definition) is 4. The zero-order chi connectivity index (χ0) is 24.2. The number of rotatable bonds is 9.